The topological polar surface area (TPSA) is 20.3 Å². The van der Waals surface area contributed by atoms with E-state index in [9.17, 15) is 4.79 Å². The summed E-state index contributed by atoms with van der Waals surface area (Å²) >= 11 is 1.88. The van der Waals surface area contributed by atoms with Crippen LogP contribution in [0.3, 0.4) is 0 Å². The standard InChI is InChI=1S/C24H23NOS/c1-18-12-14-21(15-13-18)27-22-16-17-23(26)25(20-10-6-3-7-11-20)24(22)19-8-4-2-5-9-19/h2-15,22,24H,16-17H2,1H3/t22-,24+/m1/s1. The van der Waals surface area contributed by atoms with Crippen molar-refractivity contribution >= 4 is 23.4 Å². The summed E-state index contributed by atoms with van der Waals surface area (Å²) in [5, 5.41) is 0.313. The first kappa shape index (κ1) is 17.9. The quantitative estimate of drug-likeness (QED) is 0.557. The number of nitrogens with zero attached hydrogens (tertiary/aromatic N) is 1. The third-order valence-corrected chi connectivity index (χ3v) is 6.37. The van der Waals surface area contributed by atoms with Crippen LogP contribution in [0.2, 0.25) is 0 Å². The Bertz CT molecular complexity index is 893. The number of anilines is 1. The molecule has 1 aliphatic heterocycles. The summed E-state index contributed by atoms with van der Waals surface area (Å²) in [5.41, 5.74) is 3.44. The van der Waals surface area contributed by atoms with Crippen molar-refractivity contribution in [1.29, 1.82) is 0 Å². The maximum atomic E-state index is 12.9. The smallest absolute Gasteiger partial charge is 0.227 e. The lowest BCUT2D eigenvalue weighted by molar-refractivity contribution is -0.120. The van der Waals surface area contributed by atoms with Gasteiger partial charge in [-0.2, -0.15) is 0 Å². The molecule has 0 aromatic heterocycles. The SMILES string of the molecule is Cc1ccc(S[C@@H]2CCC(=O)N(c3ccccc3)[C@H]2c2ccccc2)cc1. The zero-order chi connectivity index (χ0) is 18.6. The number of carbonyl (C=O) groups is 1. The lowest BCUT2D eigenvalue weighted by atomic mass is 9.93. The second kappa shape index (κ2) is 8.01. The van der Waals surface area contributed by atoms with E-state index in [1.54, 1.807) is 0 Å². The number of rotatable bonds is 4. The molecule has 2 atom stereocenters. The Balaban J connectivity index is 1.73. The van der Waals surface area contributed by atoms with Gasteiger partial charge in [-0.05, 0) is 43.2 Å². The molecule has 0 spiro atoms. The first-order chi connectivity index (χ1) is 13.2. The lowest BCUT2D eigenvalue weighted by Crippen LogP contribution is -2.44. The van der Waals surface area contributed by atoms with E-state index < -0.39 is 0 Å². The third kappa shape index (κ3) is 3.93. The molecule has 1 fully saturated rings. The number of thioether (sulfide) groups is 1. The third-order valence-electron chi connectivity index (χ3n) is 5.03. The number of benzene rings is 3. The van der Waals surface area contributed by atoms with Crippen LogP contribution in [0.5, 0.6) is 0 Å². The van der Waals surface area contributed by atoms with Gasteiger partial charge in [-0.25, -0.2) is 0 Å². The van der Waals surface area contributed by atoms with Crippen molar-refractivity contribution in [3.05, 3.63) is 96.1 Å². The summed E-state index contributed by atoms with van der Waals surface area (Å²) < 4.78 is 0. The normalized spacial score (nSPS) is 19.9. The van der Waals surface area contributed by atoms with Gasteiger partial charge in [-0.15, -0.1) is 11.8 Å². The summed E-state index contributed by atoms with van der Waals surface area (Å²) in [4.78, 5) is 16.2. The highest BCUT2D eigenvalue weighted by Gasteiger charge is 2.38. The predicted molar refractivity (Wildman–Crippen MR) is 113 cm³/mol. The molecule has 3 heteroatoms. The van der Waals surface area contributed by atoms with Crippen LogP contribution in [0.25, 0.3) is 0 Å². The van der Waals surface area contributed by atoms with Gasteiger partial charge in [0.15, 0.2) is 0 Å². The zero-order valence-electron chi connectivity index (χ0n) is 15.4. The first-order valence-electron chi connectivity index (χ1n) is 9.38. The van der Waals surface area contributed by atoms with Crippen molar-refractivity contribution in [3.63, 3.8) is 0 Å². The Kier molecular flexibility index (Phi) is 5.30. The van der Waals surface area contributed by atoms with Crippen molar-refractivity contribution in [2.45, 2.75) is 36.0 Å². The number of para-hydroxylation sites is 1. The van der Waals surface area contributed by atoms with E-state index in [0.717, 1.165) is 12.1 Å². The van der Waals surface area contributed by atoms with E-state index in [1.165, 1.54) is 16.0 Å². The summed E-state index contributed by atoms with van der Waals surface area (Å²) in [5.74, 6) is 0.204. The van der Waals surface area contributed by atoms with Crippen LogP contribution in [0.4, 0.5) is 5.69 Å². The Morgan fingerprint density at radius 2 is 1.48 bits per heavy atom. The van der Waals surface area contributed by atoms with Crippen LogP contribution in [0.1, 0.15) is 30.0 Å². The second-order valence-corrected chi connectivity index (χ2v) is 8.28. The number of hydrogen-bond donors (Lipinski definition) is 0. The number of hydrogen-bond acceptors (Lipinski definition) is 2. The molecule has 1 aliphatic rings. The number of amides is 1. The minimum absolute atomic E-state index is 0.0288. The summed E-state index contributed by atoms with van der Waals surface area (Å²) in [6.07, 6.45) is 1.47. The van der Waals surface area contributed by atoms with Crippen LogP contribution in [0, 0.1) is 6.92 Å². The summed E-state index contributed by atoms with van der Waals surface area (Å²) in [7, 11) is 0. The molecule has 1 heterocycles. The first-order valence-corrected chi connectivity index (χ1v) is 10.3. The second-order valence-electron chi connectivity index (χ2n) is 6.96. The van der Waals surface area contributed by atoms with Gasteiger partial charge in [0.25, 0.3) is 0 Å². The van der Waals surface area contributed by atoms with E-state index in [1.807, 2.05) is 53.1 Å². The summed E-state index contributed by atoms with van der Waals surface area (Å²) in [6.45, 7) is 2.11. The molecule has 0 radical (unpaired) electrons. The molecule has 0 N–H and O–H groups in total. The van der Waals surface area contributed by atoms with E-state index in [-0.39, 0.29) is 11.9 Å². The maximum Gasteiger partial charge on any atom is 0.227 e. The average Bonchev–Trinajstić information content (AvgIpc) is 2.72. The van der Waals surface area contributed by atoms with E-state index in [4.69, 9.17) is 0 Å². The molecule has 4 rings (SSSR count). The minimum atomic E-state index is 0.0288. The van der Waals surface area contributed by atoms with Gasteiger partial charge in [-0.3, -0.25) is 4.79 Å². The van der Waals surface area contributed by atoms with Crippen LogP contribution >= 0.6 is 11.8 Å². The van der Waals surface area contributed by atoms with Crippen LogP contribution < -0.4 is 4.90 Å². The van der Waals surface area contributed by atoms with Crippen LogP contribution in [-0.4, -0.2) is 11.2 Å². The van der Waals surface area contributed by atoms with Crippen molar-refractivity contribution in [3.8, 4) is 0 Å². The molecular formula is C24H23NOS. The van der Waals surface area contributed by atoms with Crippen LogP contribution in [0.15, 0.2) is 89.8 Å². The Morgan fingerprint density at radius 3 is 2.15 bits per heavy atom. The average molecular weight is 374 g/mol. The molecule has 27 heavy (non-hydrogen) atoms. The predicted octanol–water partition coefficient (Wildman–Crippen LogP) is 6.02. The molecule has 3 aromatic rings. The molecular weight excluding hydrogens is 350 g/mol. The van der Waals surface area contributed by atoms with Crippen molar-refractivity contribution in [2.75, 3.05) is 4.90 Å². The Hall–Kier alpha value is -2.52. The van der Waals surface area contributed by atoms with E-state index >= 15 is 0 Å². The molecule has 1 amide bonds. The maximum absolute atomic E-state index is 12.9. The molecule has 0 unspecified atom stereocenters. The highest BCUT2D eigenvalue weighted by atomic mass is 32.2. The molecule has 0 aliphatic carbocycles. The van der Waals surface area contributed by atoms with Gasteiger partial charge in [0.05, 0.1) is 6.04 Å². The van der Waals surface area contributed by atoms with E-state index in [0.29, 0.717) is 11.7 Å². The number of piperidine rings is 1. The fourth-order valence-corrected chi connectivity index (χ4v) is 4.97. The van der Waals surface area contributed by atoms with Gasteiger partial charge in [-0.1, -0.05) is 66.2 Å². The molecule has 1 saturated heterocycles. The molecule has 0 saturated carbocycles. The van der Waals surface area contributed by atoms with Gasteiger partial charge in [0, 0.05) is 22.3 Å². The van der Waals surface area contributed by atoms with Crippen molar-refractivity contribution in [1.82, 2.24) is 0 Å². The minimum Gasteiger partial charge on any atom is -0.304 e. The van der Waals surface area contributed by atoms with Gasteiger partial charge >= 0.3 is 0 Å². The molecule has 3 aromatic carbocycles. The largest absolute Gasteiger partial charge is 0.304 e. The molecule has 136 valence electrons. The Morgan fingerprint density at radius 1 is 0.852 bits per heavy atom. The Labute approximate surface area is 165 Å². The fourth-order valence-electron chi connectivity index (χ4n) is 3.69. The van der Waals surface area contributed by atoms with Gasteiger partial charge in [0.2, 0.25) is 5.91 Å². The van der Waals surface area contributed by atoms with E-state index in [2.05, 4.69) is 55.5 Å². The zero-order valence-corrected chi connectivity index (χ0v) is 16.2. The van der Waals surface area contributed by atoms with Crippen molar-refractivity contribution in [2.24, 2.45) is 0 Å². The molecule has 2 nitrogen and oxygen atoms in total. The van der Waals surface area contributed by atoms with Crippen LogP contribution in [-0.2, 0) is 4.79 Å². The number of carbonyl (C=O) groups excluding carboxylic acids is 1. The lowest BCUT2D eigenvalue weighted by Gasteiger charge is -2.41. The highest BCUT2D eigenvalue weighted by molar-refractivity contribution is 8.00. The fraction of sp³-hybridized carbons (Fsp3) is 0.208. The molecule has 0 bridgehead atoms. The van der Waals surface area contributed by atoms with Gasteiger partial charge in [0.1, 0.15) is 0 Å². The van der Waals surface area contributed by atoms with Crippen molar-refractivity contribution < 1.29 is 4.79 Å². The highest BCUT2D eigenvalue weighted by Crippen LogP contribution is 2.43. The summed E-state index contributed by atoms with van der Waals surface area (Å²) in [6, 6.07) is 29.2. The number of aryl methyl sites for hydroxylation is 1. The monoisotopic (exact) mass is 373 g/mol. The van der Waals surface area contributed by atoms with Gasteiger partial charge < -0.3 is 4.90 Å².